The number of anilines is 1. The van der Waals surface area contributed by atoms with Crippen molar-refractivity contribution in [2.45, 2.75) is 20.8 Å². The van der Waals surface area contributed by atoms with Crippen molar-refractivity contribution in [2.75, 3.05) is 5.32 Å². The molecule has 0 radical (unpaired) electrons. The fourth-order valence-electron chi connectivity index (χ4n) is 3.18. The zero-order valence-electron chi connectivity index (χ0n) is 16.7. The Hall–Kier alpha value is -3.73. The van der Waals surface area contributed by atoms with Crippen molar-refractivity contribution in [1.82, 2.24) is 14.8 Å². The molecule has 144 valence electrons. The molecule has 1 N–H and O–H groups in total. The van der Waals surface area contributed by atoms with E-state index in [1.54, 1.807) is 4.68 Å². The molecule has 0 fully saturated rings. The van der Waals surface area contributed by atoms with Crippen molar-refractivity contribution in [1.29, 1.82) is 0 Å². The van der Waals surface area contributed by atoms with Gasteiger partial charge in [0.2, 0.25) is 5.82 Å². The number of carbonyl (C=O) groups is 1. The van der Waals surface area contributed by atoms with Gasteiger partial charge >= 0.3 is 0 Å². The average Bonchev–Trinajstić information content (AvgIpc) is 3.14. The minimum Gasteiger partial charge on any atom is -0.319 e. The van der Waals surface area contributed by atoms with Crippen LogP contribution in [0, 0.1) is 20.8 Å². The van der Waals surface area contributed by atoms with Gasteiger partial charge in [0.1, 0.15) is 0 Å². The zero-order chi connectivity index (χ0) is 20.4. The van der Waals surface area contributed by atoms with Crippen LogP contribution in [0.1, 0.15) is 27.3 Å². The van der Waals surface area contributed by atoms with Crippen molar-refractivity contribution in [3.63, 3.8) is 0 Å². The number of rotatable bonds is 4. The molecule has 0 atom stereocenters. The van der Waals surface area contributed by atoms with Crippen LogP contribution in [0.25, 0.3) is 17.1 Å². The Bertz CT molecular complexity index is 1180. The molecule has 1 heterocycles. The lowest BCUT2D eigenvalue weighted by atomic mass is 10.1. The normalized spacial score (nSPS) is 10.7. The molecule has 0 saturated heterocycles. The van der Waals surface area contributed by atoms with Crippen LogP contribution >= 0.6 is 0 Å². The van der Waals surface area contributed by atoms with Crippen LogP contribution in [0.2, 0.25) is 0 Å². The Morgan fingerprint density at radius 1 is 0.862 bits per heavy atom. The molecular weight excluding hydrogens is 360 g/mol. The minimum absolute atomic E-state index is 0.130. The highest BCUT2D eigenvalue weighted by Gasteiger charge is 2.19. The lowest BCUT2D eigenvalue weighted by molar-refractivity contribution is 0.101. The number of carbonyl (C=O) groups excluding carboxylic acids is 1. The number of benzene rings is 3. The molecule has 5 heteroatoms. The van der Waals surface area contributed by atoms with Gasteiger partial charge in [-0.1, -0.05) is 60.2 Å². The van der Waals surface area contributed by atoms with E-state index in [2.05, 4.69) is 15.4 Å². The van der Waals surface area contributed by atoms with Gasteiger partial charge < -0.3 is 5.32 Å². The van der Waals surface area contributed by atoms with E-state index in [0.717, 1.165) is 33.6 Å². The summed E-state index contributed by atoms with van der Waals surface area (Å²) in [7, 11) is 0. The maximum atomic E-state index is 12.8. The summed E-state index contributed by atoms with van der Waals surface area (Å²) >= 11 is 0. The summed E-state index contributed by atoms with van der Waals surface area (Å²) in [6, 6.07) is 23.6. The third-order valence-corrected chi connectivity index (χ3v) is 4.74. The quantitative estimate of drug-likeness (QED) is 0.533. The Kier molecular flexibility index (Phi) is 4.96. The van der Waals surface area contributed by atoms with E-state index < -0.39 is 0 Å². The molecule has 1 aromatic heterocycles. The lowest BCUT2D eigenvalue weighted by Gasteiger charge is -2.08. The standard InChI is InChI=1S/C24H22N4O/c1-16-11-13-19(14-12-16)23-26-22(24(29)25-20-9-6-7-17(2)15-20)27-28(23)21-10-5-4-8-18(21)3/h4-15H,1-3H3,(H,25,29). The molecule has 29 heavy (non-hydrogen) atoms. The maximum Gasteiger partial charge on any atom is 0.295 e. The first kappa shape index (κ1) is 18.6. The highest BCUT2D eigenvalue weighted by molar-refractivity contribution is 6.01. The van der Waals surface area contributed by atoms with E-state index in [1.807, 2.05) is 93.6 Å². The minimum atomic E-state index is -0.337. The van der Waals surface area contributed by atoms with Crippen LogP contribution in [-0.4, -0.2) is 20.7 Å². The van der Waals surface area contributed by atoms with Gasteiger partial charge in [-0.05, 0) is 50.1 Å². The molecule has 0 aliphatic heterocycles. The summed E-state index contributed by atoms with van der Waals surface area (Å²) in [6.07, 6.45) is 0. The summed E-state index contributed by atoms with van der Waals surface area (Å²) in [5.41, 5.74) is 5.80. The molecule has 4 aromatic rings. The summed E-state index contributed by atoms with van der Waals surface area (Å²) in [5.74, 6) is 0.426. The number of amides is 1. The zero-order valence-corrected chi connectivity index (χ0v) is 16.7. The fourth-order valence-corrected chi connectivity index (χ4v) is 3.18. The van der Waals surface area contributed by atoms with Gasteiger partial charge in [0.05, 0.1) is 5.69 Å². The first-order chi connectivity index (χ1) is 14.0. The SMILES string of the molecule is Cc1ccc(-c2nc(C(=O)Nc3cccc(C)c3)nn2-c2ccccc2C)cc1. The monoisotopic (exact) mass is 382 g/mol. The Morgan fingerprint density at radius 2 is 1.62 bits per heavy atom. The summed E-state index contributed by atoms with van der Waals surface area (Å²) in [5, 5.41) is 7.44. The number of nitrogens with zero attached hydrogens (tertiary/aromatic N) is 3. The Labute approximate surface area is 170 Å². The summed E-state index contributed by atoms with van der Waals surface area (Å²) in [6.45, 7) is 6.04. The van der Waals surface area contributed by atoms with E-state index in [9.17, 15) is 4.79 Å². The molecule has 0 spiro atoms. The molecule has 5 nitrogen and oxygen atoms in total. The van der Waals surface area contributed by atoms with E-state index in [-0.39, 0.29) is 11.7 Å². The van der Waals surface area contributed by atoms with Crippen molar-refractivity contribution in [3.05, 3.63) is 95.3 Å². The van der Waals surface area contributed by atoms with Crippen molar-refractivity contribution < 1.29 is 4.79 Å². The van der Waals surface area contributed by atoms with Gasteiger partial charge in [-0.3, -0.25) is 4.79 Å². The third kappa shape index (κ3) is 3.94. The predicted molar refractivity (Wildman–Crippen MR) is 115 cm³/mol. The van der Waals surface area contributed by atoms with Crippen molar-refractivity contribution >= 4 is 11.6 Å². The van der Waals surface area contributed by atoms with E-state index in [0.29, 0.717) is 5.82 Å². The molecule has 0 aliphatic rings. The smallest absolute Gasteiger partial charge is 0.295 e. The summed E-state index contributed by atoms with van der Waals surface area (Å²) in [4.78, 5) is 17.4. The number of hydrogen-bond donors (Lipinski definition) is 1. The topological polar surface area (TPSA) is 59.8 Å². The van der Waals surface area contributed by atoms with Gasteiger partial charge in [0.15, 0.2) is 5.82 Å². The van der Waals surface area contributed by atoms with E-state index >= 15 is 0 Å². The van der Waals surface area contributed by atoms with Crippen molar-refractivity contribution in [3.8, 4) is 17.1 Å². The summed E-state index contributed by atoms with van der Waals surface area (Å²) < 4.78 is 1.74. The van der Waals surface area contributed by atoms with Crippen LogP contribution in [0.4, 0.5) is 5.69 Å². The predicted octanol–water partition coefficient (Wildman–Crippen LogP) is 5.11. The molecule has 3 aromatic carbocycles. The van der Waals surface area contributed by atoms with E-state index in [1.165, 1.54) is 0 Å². The van der Waals surface area contributed by atoms with Crippen LogP contribution in [0.5, 0.6) is 0 Å². The van der Waals surface area contributed by atoms with Gasteiger partial charge in [-0.15, -0.1) is 5.10 Å². The number of para-hydroxylation sites is 1. The van der Waals surface area contributed by atoms with Crippen molar-refractivity contribution in [2.24, 2.45) is 0 Å². The average molecular weight is 382 g/mol. The second kappa shape index (κ2) is 7.72. The molecule has 0 bridgehead atoms. The number of nitrogens with one attached hydrogen (secondary N) is 1. The molecule has 0 saturated carbocycles. The molecular formula is C24H22N4O. The van der Waals surface area contributed by atoms with Gasteiger partial charge in [0, 0.05) is 11.3 Å². The fraction of sp³-hybridized carbons (Fsp3) is 0.125. The lowest BCUT2D eigenvalue weighted by Crippen LogP contribution is -2.14. The number of aryl methyl sites for hydroxylation is 3. The molecule has 0 aliphatic carbocycles. The maximum absolute atomic E-state index is 12.8. The van der Waals surface area contributed by atoms with Crippen LogP contribution in [0.15, 0.2) is 72.8 Å². The first-order valence-corrected chi connectivity index (χ1v) is 9.49. The van der Waals surface area contributed by atoms with Gasteiger partial charge in [0.25, 0.3) is 5.91 Å². The van der Waals surface area contributed by atoms with Crippen LogP contribution in [-0.2, 0) is 0 Å². The second-order valence-electron chi connectivity index (χ2n) is 7.15. The molecule has 0 unspecified atom stereocenters. The number of aromatic nitrogens is 3. The highest BCUT2D eigenvalue weighted by Crippen LogP contribution is 2.24. The molecule has 1 amide bonds. The van der Waals surface area contributed by atoms with Crippen LogP contribution < -0.4 is 5.32 Å². The Balaban J connectivity index is 1.78. The number of hydrogen-bond acceptors (Lipinski definition) is 3. The molecule has 4 rings (SSSR count). The highest BCUT2D eigenvalue weighted by atomic mass is 16.2. The largest absolute Gasteiger partial charge is 0.319 e. The second-order valence-corrected chi connectivity index (χ2v) is 7.15. The first-order valence-electron chi connectivity index (χ1n) is 9.49. The van der Waals surface area contributed by atoms with Gasteiger partial charge in [-0.25, -0.2) is 9.67 Å². The Morgan fingerprint density at radius 3 is 2.34 bits per heavy atom. The van der Waals surface area contributed by atoms with E-state index in [4.69, 9.17) is 0 Å². The third-order valence-electron chi connectivity index (χ3n) is 4.74. The van der Waals surface area contributed by atoms with Gasteiger partial charge in [-0.2, -0.15) is 0 Å². The van der Waals surface area contributed by atoms with Crippen LogP contribution in [0.3, 0.4) is 0 Å².